The number of carbonyl (C=O) groups excluding carboxylic acids is 4. The molecule has 4 aliphatic rings. The highest BCUT2D eigenvalue weighted by Crippen LogP contribution is 2.70. The first-order valence-electron chi connectivity index (χ1n) is 11.4. The summed E-state index contributed by atoms with van der Waals surface area (Å²) in [6.07, 6.45) is 2.22. The van der Waals surface area contributed by atoms with E-state index < -0.39 is 58.1 Å². The van der Waals surface area contributed by atoms with Gasteiger partial charge in [0.2, 0.25) is 5.79 Å². The molecule has 4 rings (SSSR count). The van der Waals surface area contributed by atoms with Crippen LogP contribution in [0, 0.1) is 16.7 Å². The Hall–Kier alpha value is -3.14. The van der Waals surface area contributed by atoms with Crippen molar-refractivity contribution in [2.75, 3.05) is 14.2 Å². The number of ether oxygens (including phenoxy) is 5. The van der Waals surface area contributed by atoms with Crippen LogP contribution >= 0.6 is 0 Å². The lowest BCUT2D eigenvalue weighted by molar-refractivity contribution is -0.300. The molecule has 0 aromatic heterocycles. The molecule has 1 heterocycles. The van der Waals surface area contributed by atoms with Crippen molar-refractivity contribution in [1.82, 2.24) is 0 Å². The highest BCUT2D eigenvalue weighted by molar-refractivity contribution is 5.88. The van der Waals surface area contributed by atoms with E-state index in [4.69, 9.17) is 23.7 Å². The molecule has 190 valence electrons. The van der Waals surface area contributed by atoms with Crippen molar-refractivity contribution in [2.45, 2.75) is 63.9 Å². The van der Waals surface area contributed by atoms with Crippen molar-refractivity contribution < 1.29 is 48.0 Å². The number of fused-ring (bicyclic) bond motifs is 1. The van der Waals surface area contributed by atoms with Crippen molar-refractivity contribution in [2.24, 2.45) is 16.7 Å². The molecule has 2 fully saturated rings. The molecule has 1 spiro atoms. The number of allylic oxidation sites excluding steroid dienone is 1. The van der Waals surface area contributed by atoms with Gasteiger partial charge in [-0.25, -0.2) is 0 Å². The molecule has 0 aromatic carbocycles. The van der Waals surface area contributed by atoms with Crippen LogP contribution in [-0.2, 0) is 42.9 Å². The smallest absolute Gasteiger partial charge is 0.320 e. The van der Waals surface area contributed by atoms with Gasteiger partial charge in [0.05, 0.1) is 25.6 Å². The van der Waals surface area contributed by atoms with Crippen LogP contribution in [0.5, 0.6) is 0 Å². The molecule has 0 amide bonds. The van der Waals surface area contributed by atoms with Crippen molar-refractivity contribution >= 4 is 23.9 Å². The van der Waals surface area contributed by atoms with Gasteiger partial charge in [-0.2, -0.15) is 0 Å². The molecule has 2 bridgehead atoms. The van der Waals surface area contributed by atoms with E-state index in [1.807, 2.05) is 0 Å². The summed E-state index contributed by atoms with van der Waals surface area (Å²) >= 11 is 0. The Morgan fingerprint density at radius 1 is 1.11 bits per heavy atom. The number of methoxy groups -OCH3 is 2. The van der Waals surface area contributed by atoms with E-state index >= 15 is 0 Å². The standard InChI is InChI=1S/C25H30O10/c1-13-11-23-12-24(13,34-15(3)27)9-10-25(23,30)35-16-7-8-17(33-14(2)26)22(4,21(29)32-6)18(16)19(23)20(28)31-5/h7-8,17,19,30H,1,9-12H2,2-6H3. The first-order valence-corrected chi connectivity index (χ1v) is 11.4. The van der Waals surface area contributed by atoms with E-state index in [-0.39, 0.29) is 37.0 Å². The predicted molar refractivity (Wildman–Crippen MR) is 118 cm³/mol. The summed E-state index contributed by atoms with van der Waals surface area (Å²) in [5, 5.41) is 11.9. The van der Waals surface area contributed by atoms with Gasteiger partial charge in [0.25, 0.3) is 0 Å². The molecule has 10 heteroatoms. The minimum Gasteiger partial charge on any atom is -0.469 e. The Bertz CT molecular complexity index is 1090. The Kier molecular flexibility index (Phi) is 5.67. The zero-order valence-electron chi connectivity index (χ0n) is 20.5. The first kappa shape index (κ1) is 25.0. The predicted octanol–water partition coefficient (Wildman–Crippen LogP) is 1.86. The molecule has 0 aromatic rings. The zero-order chi connectivity index (χ0) is 26.0. The summed E-state index contributed by atoms with van der Waals surface area (Å²) in [6.45, 7) is 8.11. The van der Waals surface area contributed by atoms with Crippen LogP contribution in [0.4, 0.5) is 0 Å². The zero-order valence-corrected chi connectivity index (χ0v) is 20.5. The summed E-state index contributed by atoms with van der Waals surface area (Å²) in [4.78, 5) is 50.7. The Morgan fingerprint density at radius 3 is 2.37 bits per heavy atom. The molecule has 10 nitrogen and oxygen atoms in total. The minimum absolute atomic E-state index is 0.0324. The Balaban J connectivity index is 1.97. The number of rotatable bonds is 4. The van der Waals surface area contributed by atoms with Gasteiger partial charge in [-0.3, -0.25) is 19.2 Å². The lowest BCUT2D eigenvalue weighted by atomic mass is 9.54. The van der Waals surface area contributed by atoms with Crippen molar-refractivity contribution in [3.8, 4) is 0 Å². The van der Waals surface area contributed by atoms with E-state index in [1.165, 1.54) is 47.1 Å². The molecule has 3 aliphatic carbocycles. The number of hydrogen-bond donors (Lipinski definition) is 1. The normalized spacial score (nSPS) is 39.1. The molecule has 0 radical (unpaired) electrons. The maximum atomic E-state index is 13.5. The van der Waals surface area contributed by atoms with Gasteiger partial charge in [0.1, 0.15) is 22.9 Å². The van der Waals surface area contributed by atoms with E-state index in [0.29, 0.717) is 5.57 Å². The highest BCUT2D eigenvalue weighted by atomic mass is 16.6. The maximum absolute atomic E-state index is 13.5. The van der Waals surface area contributed by atoms with Crippen LogP contribution in [0.1, 0.15) is 46.5 Å². The number of esters is 4. The van der Waals surface area contributed by atoms with E-state index in [9.17, 15) is 24.3 Å². The Labute approximate surface area is 202 Å². The molecule has 6 atom stereocenters. The second kappa shape index (κ2) is 7.94. The average Bonchev–Trinajstić information content (AvgIpc) is 3.02. The fourth-order valence-corrected chi connectivity index (χ4v) is 6.51. The van der Waals surface area contributed by atoms with Gasteiger partial charge in [0, 0.05) is 32.3 Å². The SMILES string of the molecule is C=C1CC23CC1(OC(C)=O)CCC2(O)OC1=C(C3C(=O)OC)C(C)(C(=O)OC)C(OC(C)=O)C=C1. The van der Waals surface area contributed by atoms with Crippen molar-refractivity contribution in [3.05, 3.63) is 35.6 Å². The molecule has 6 unspecified atom stereocenters. The largest absolute Gasteiger partial charge is 0.469 e. The van der Waals surface area contributed by atoms with Crippen LogP contribution < -0.4 is 0 Å². The van der Waals surface area contributed by atoms with Gasteiger partial charge in [0.15, 0.2) is 0 Å². The van der Waals surface area contributed by atoms with Gasteiger partial charge in [-0.1, -0.05) is 6.58 Å². The third-order valence-electron chi connectivity index (χ3n) is 8.03. The third-order valence-corrected chi connectivity index (χ3v) is 8.03. The maximum Gasteiger partial charge on any atom is 0.320 e. The molecule has 2 saturated carbocycles. The number of hydrogen-bond acceptors (Lipinski definition) is 10. The van der Waals surface area contributed by atoms with Gasteiger partial charge >= 0.3 is 23.9 Å². The molecule has 1 aliphatic heterocycles. The van der Waals surface area contributed by atoms with Gasteiger partial charge < -0.3 is 28.8 Å². The van der Waals surface area contributed by atoms with Crippen LogP contribution in [0.3, 0.4) is 0 Å². The van der Waals surface area contributed by atoms with Gasteiger partial charge in [-0.15, -0.1) is 0 Å². The third kappa shape index (κ3) is 3.26. The molecule has 1 N–H and O–H groups in total. The first-order chi connectivity index (χ1) is 16.3. The van der Waals surface area contributed by atoms with Crippen LogP contribution in [0.25, 0.3) is 0 Å². The van der Waals surface area contributed by atoms with Crippen molar-refractivity contribution in [1.29, 1.82) is 0 Å². The van der Waals surface area contributed by atoms with E-state index in [1.54, 1.807) is 0 Å². The van der Waals surface area contributed by atoms with Crippen LogP contribution in [0.2, 0.25) is 0 Å². The lowest BCUT2D eigenvalue weighted by Gasteiger charge is -2.57. The summed E-state index contributed by atoms with van der Waals surface area (Å²) in [5.41, 5.74) is -3.45. The summed E-state index contributed by atoms with van der Waals surface area (Å²) in [5.74, 6) is -5.61. The number of carbonyl (C=O) groups is 4. The summed E-state index contributed by atoms with van der Waals surface area (Å²) < 4.78 is 27.6. The quantitative estimate of drug-likeness (QED) is 0.353. The number of aliphatic hydroxyl groups is 1. The summed E-state index contributed by atoms with van der Waals surface area (Å²) in [6, 6.07) is 0. The second-order valence-electron chi connectivity index (χ2n) is 9.90. The topological polar surface area (TPSA) is 135 Å². The monoisotopic (exact) mass is 490 g/mol. The second-order valence-corrected chi connectivity index (χ2v) is 9.90. The van der Waals surface area contributed by atoms with Crippen molar-refractivity contribution in [3.63, 3.8) is 0 Å². The van der Waals surface area contributed by atoms with E-state index in [2.05, 4.69) is 6.58 Å². The summed E-state index contributed by atoms with van der Waals surface area (Å²) in [7, 11) is 2.39. The fourth-order valence-electron chi connectivity index (χ4n) is 6.51. The molecule has 0 saturated heterocycles. The van der Waals surface area contributed by atoms with Crippen LogP contribution in [0.15, 0.2) is 35.6 Å². The minimum atomic E-state index is -1.84. The van der Waals surface area contributed by atoms with E-state index in [0.717, 1.165) is 0 Å². The molecular weight excluding hydrogens is 460 g/mol. The van der Waals surface area contributed by atoms with Gasteiger partial charge in [-0.05, 0) is 37.5 Å². The highest BCUT2D eigenvalue weighted by Gasteiger charge is 2.76. The molecular formula is C25H30O10. The molecule has 35 heavy (non-hydrogen) atoms. The average molecular weight is 491 g/mol. The Morgan fingerprint density at radius 2 is 1.80 bits per heavy atom. The van der Waals surface area contributed by atoms with Crippen LogP contribution in [-0.4, -0.2) is 60.7 Å². The lowest BCUT2D eigenvalue weighted by Crippen LogP contribution is -2.64. The fraction of sp³-hybridized carbons (Fsp3) is 0.600.